The normalized spacial score (nSPS) is 18.8. The molecule has 1 atom stereocenters. The molecule has 100 valence electrons. The van der Waals surface area contributed by atoms with Gasteiger partial charge in [-0.2, -0.15) is 0 Å². The van der Waals surface area contributed by atoms with Crippen LogP contribution in [0.2, 0.25) is 0 Å². The molecular weight excluding hydrogens is 229 g/mol. The largest absolute Gasteiger partial charge is 0.381 e. The molecule has 3 heteroatoms. The van der Waals surface area contributed by atoms with Crippen molar-refractivity contribution in [1.29, 1.82) is 0 Å². The van der Waals surface area contributed by atoms with Crippen LogP contribution in [0.25, 0.3) is 0 Å². The summed E-state index contributed by atoms with van der Waals surface area (Å²) in [7, 11) is 0. The SMILES string of the molecule is CCNC(CC1CCOCC1)c1ccc(F)cc1. The van der Waals surface area contributed by atoms with Crippen molar-refractivity contribution in [3.05, 3.63) is 35.6 Å². The van der Waals surface area contributed by atoms with Gasteiger partial charge in [0.15, 0.2) is 0 Å². The average Bonchev–Trinajstić information content (AvgIpc) is 2.40. The standard InChI is InChI=1S/C15H22FNO/c1-2-17-15(11-12-7-9-18-10-8-12)13-3-5-14(16)6-4-13/h3-6,12,15,17H,2,7-11H2,1H3. The van der Waals surface area contributed by atoms with E-state index in [1.54, 1.807) is 12.1 Å². The van der Waals surface area contributed by atoms with E-state index in [-0.39, 0.29) is 5.82 Å². The Labute approximate surface area is 109 Å². The van der Waals surface area contributed by atoms with E-state index in [0.29, 0.717) is 12.0 Å². The van der Waals surface area contributed by atoms with Gasteiger partial charge in [-0.05, 0) is 49.4 Å². The molecule has 1 N–H and O–H groups in total. The summed E-state index contributed by atoms with van der Waals surface area (Å²) in [5.74, 6) is 0.549. The Morgan fingerprint density at radius 1 is 1.28 bits per heavy atom. The summed E-state index contributed by atoms with van der Waals surface area (Å²) in [6, 6.07) is 7.20. The Hall–Kier alpha value is -0.930. The minimum Gasteiger partial charge on any atom is -0.381 e. The highest BCUT2D eigenvalue weighted by molar-refractivity contribution is 5.20. The van der Waals surface area contributed by atoms with Crippen molar-refractivity contribution >= 4 is 0 Å². The van der Waals surface area contributed by atoms with Crippen molar-refractivity contribution in [2.75, 3.05) is 19.8 Å². The Kier molecular flexibility index (Phi) is 5.14. The van der Waals surface area contributed by atoms with E-state index < -0.39 is 0 Å². The number of ether oxygens (including phenoxy) is 1. The Bertz CT molecular complexity index is 346. The maximum absolute atomic E-state index is 13.0. The minimum absolute atomic E-state index is 0.167. The molecule has 1 fully saturated rings. The third-order valence-corrected chi connectivity index (χ3v) is 3.63. The van der Waals surface area contributed by atoms with Crippen LogP contribution in [-0.2, 0) is 4.74 Å². The molecule has 1 aromatic rings. The van der Waals surface area contributed by atoms with Crippen LogP contribution in [0.5, 0.6) is 0 Å². The lowest BCUT2D eigenvalue weighted by atomic mass is 9.89. The molecular formula is C15H22FNO. The van der Waals surface area contributed by atoms with Crippen LogP contribution in [0.15, 0.2) is 24.3 Å². The highest BCUT2D eigenvalue weighted by Crippen LogP contribution is 2.27. The molecule has 1 heterocycles. The van der Waals surface area contributed by atoms with Crippen LogP contribution < -0.4 is 5.32 Å². The first-order chi connectivity index (χ1) is 8.79. The molecule has 0 spiro atoms. The second-order valence-corrected chi connectivity index (χ2v) is 4.95. The fourth-order valence-electron chi connectivity index (χ4n) is 2.59. The first-order valence-corrected chi connectivity index (χ1v) is 6.86. The molecule has 0 amide bonds. The van der Waals surface area contributed by atoms with Crippen molar-refractivity contribution in [3.8, 4) is 0 Å². The molecule has 0 aromatic heterocycles. The van der Waals surface area contributed by atoms with Gasteiger partial charge in [0, 0.05) is 19.3 Å². The van der Waals surface area contributed by atoms with Crippen LogP contribution >= 0.6 is 0 Å². The van der Waals surface area contributed by atoms with Gasteiger partial charge in [-0.25, -0.2) is 4.39 Å². The summed E-state index contributed by atoms with van der Waals surface area (Å²) in [5, 5.41) is 3.50. The van der Waals surface area contributed by atoms with Gasteiger partial charge < -0.3 is 10.1 Å². The summed E-state index contributed by atoms with van der Waals surface area (Å²) >= 11 is 0. The topological polar surface area (TPSA) is 21.3 Å². The summed E-state index contributed by atoms with van der Waals surface area (Å²) in [6.07, 6.45) is 3.40. The van der Waals surface area contributed by atoms with Gasteiger partial charge in [0.1, 0.15) is 5.82 Å². The third-order valence-electron chi connectivity index (χ3n) is 3.63. The first-order valence-electron chi connectivity index (χ1n) is 6.86. The maximum atomic E-state index is 13.0. The van der Waals surface area contributed by atoms with Crippen molar-refractivity contribution in [2.45, 2.75) is 32.2 Å². The number of nitrogens with one attached hydrogen (secondary N) is 1. The van der Waals surface area contributed by atoms with Crippen molar-refractivity contribution in [1.82, 2.24) is 5.32 Å². The Morgan fingerprint density at radius 2 is 1.94 bits per heavy atom. The van der Waals surface area contributed by atoms with E-state index in [0.717, 1.165) is 39.0 Å². The molecule has 0 radical (unpaired) electrons. The summed E-state index contributed by atoms with van der Waals surface area (Å²) in [5.41, 5.74) is 1.18. The van der Waals surface area contributed by atoms with Gasteiger partial charge in [-0.3, -0.25) is 0 Å². The summed E-state index contributed by atoms with van der Waals surface area (Å²) < 4.78 is 18.4. The monoisotopic (exact) mass is 251 g/mol. The quantitative estimate of drug-likeness (QED) is 0.867. The third kappa shape index (κ3) is 3.79. The van der Waals surface area contributed by atoms with Gasteiger partial charge in [0.25, 0.3) is 0 Å². The van der Waals surface area contributed by atoms with Crippen LogP contribution in [-0.4, -0.2) is 19.8 Å². The van der Waals surface area contributed by atoms with Crippen molar-refractivity contribution in [3.63, 3.8) is 0 Å². The van der Waals surface area contributed by atoms with Gasteiger partial charge in [-0.15, -0.1) is 0 Å². The van der Waals surface area contributed by atoms with E-state index in [2.05, 4.69) is 12.2 Å². The minimum atomic E-state index is -0.167. The van der Waals surface area contributed by atoms with Gasteiger partial charge in [-0.1, -0.05) is 19.1 Å². The lowest BCUT2D eigenvalue weighted by Crippen LogP contribution is -2.26. The second kappa shape index (κ2) is 6.86. The van der Waals surface area contributed by atoms with Crippen LogP contribution in [0, 0.1) is 11.7 Å². The fraction of sp³-hybridized carbons (Fsp3) is 0.600. The lowest BCUT2D eigenvalue weighted by Gasteiger charge is -2.27. The average molecular weight is 251 g/mol. The number of hydrogen-bond acceptors (Lipinski definition) is 2. The molecule has 2 nitrogen and oxygen atoms in total. The smallest absolute Gasteiger partial charge is 0.123 e. The summed E-state index contributed by atoms with van der Waals surface area (Å²) in [6.45, 7) is 4.81. The molecule has 0 bridgehead atoms. The van der Waals surface area contributed by atoms with Crippen molar-refractivity contribution in [2.24, 2.45) is 5.92 Å². The van der Waals surface area contributed by atoms with Gasteiger partial charge >= 0.3 is 0 Å². The highest BCUT2D eigenvalue weighted by Gasteiger charge is 2.19. The zero-order valence-electron chi connectivity index (χ0n) is 11.0. The zero-order valence-corrected chi connectivity index (χ0v) is 11.0. The zero-order chi connectivity index (χ0) is 12.8. The maximum Gasteiger partial charge on any atom is 0.123 e. The lowest BCUT2D eigenvalue weighted by molar-refractivity contribution is 0.0606. The van der Waals surface area contributed by atoms with Crippen LogP contribution in [0.4, 0.5) is 4.39 Å². The van der Waals surface area contributed by atoms with E-state index in [9.17, 15) is 4.39 Å². The first kappa shape index (κ1) is 13.5. The molecule has 1 aromatic carbocycles. The summed E-state index contributed by atoms with van der Waals surface area (Å²) in [4.78, 5) is 0. The Balaban J connectivity index is 2.00. The van der Waals surface area contributed by atoms with Gasteiger partial charge in [0.05, 0.1) is 0 Å². The second-order valence-electron chi connectivity index (χ2n) is 4.95. The molecule has 0 saturated carbocycles. The number of halogens is 1. The van der Waals surface area contributed by atoms with Crippen molar-refractivity contribution < 1.29 is 9.13 Å². The molecule has 1 aliphatic rings. The molecule has 18 heavy (non-hydrogen) atoms. The highest BCUT2D eigenvalue weighted by atomic mass is 19.1. The number of rotatable bonds is 5. The number of benzene rings is 1. The fourth-order valence-corrected chi connectivity index (χ4v) is 2.59. The Morgan fingerprint density at radius 3 is 2.56 bits per heavy atom. The molecule has 1 unspecified atom stereocenters. The molecule has 2 rings (SSSR count). The van der Waals surface area contributed by atoms with Crippen LogP contribution in [0.1, 0.15) is 37.8 Å². The number of hydrogen-bond donors (Lipinski definition) is 1. The van der Waals surface area contributed by atoms with E-state index in [4.69, 9.17) is 4.74 Å². The molecule has 1 aliphatic heterocycles. The van der Waals surface area contributed by atoms with E-state index >= 15 is 0 Å². The van der Waals surface area contributed by atoms with Gasteiger partial charge in [0.2, 0.25) is 0 Å². The van der Waals surface area contributed by atoms with E-state index in [1.807, 2.05) is 12.1 Å². The predicted molar refractivity (Wildman–Crippen MR) is 71.0 cm³/mol. The molecule has 0 aliphatic carbocycles. The molecule has 1 saturated heterocycles. The predicted octanol–water partition coefficient (Wildman–Crippen LogP) is 3.29. The van der Waals surface area contributed by atoms with E-state index in [1.165, 1.54) is 5.56 Å². The van der Waals surface area contributed by atoms with Crippen LogP contribution in [0.3, 0.4) is 0 Å².